The molecule has 1 fully saturated rings. The highest BCUT2D eigenvalue weighted by Crippen LogP contribution is 2.24. The Morgan fingerprint density at radius 1 is 1.09 bits per heavy atom. The lowest BCUT2D eigenvalue weighted by Crippen LogP contribution is -2.16. The van der Waals surface area contributed by atoms with Crippen molar-refractivity contribution < 1.29 is 0 Å². The van der Waals surface area contributed by atoms with E-state index in [1.54, 1.807) is 0 Å². The van der Waals surface area contributed by atoms with Gasteiger partial charge in [-0.25, -0.2) is 0 Å². The van der Waals surface area contributed by atoms with Crippen molar-refractivity contribution in [3.8, 4) is 11.3 Å². The van der Waals surface area contributed by atoms with Gasteiger partial charge in [0.05, 0.1) is 11.7 Å². The molecule has 1 atom stereocenters. The molecule has 2 aromatic heterocycles. The van der Waals surface area contributed by atoms with Crippen LogP contribution in [0, 0.1) is 13.8 Å². The third kappa shape index (κ3) is 2.18. The molecule has 112 valence electrons. The van der Waals surface area contributed by atoms with Gasteiger partial charge in [-0.15, -0.1) is 10.2 Å². The Balaban J connectivity index is 1.81. The molecular weight excluding hydrogens is 274 g/mol. The molecule has 1 aromatic carbocycles. The number of rotatable bonds is 2. The van der Waals surface area contributed by atoms with Crippen LogP contribution in [0.4, 0.5) is 0 Å². The van der Waals surface area contributed by atoms with Crippen LogP contribution in [0.25, 0.3) is 16.9 Å². The van der Waals surface area contributed by atoms with Gasteiger partial charge < -0.3 is 5.32 Å². The number of aromatic nitrogens is 4. The van der Waals surface area contributed by atoms with Crippen molar-refractivity contribution in [1.29, 1.82) is 0 Å². The van der Waals surface area contributed by atoms with Gasteiger partial charge in [-0.3, -0.25) is 0 Å². The molecule has 1 unspecified atom stereocenters. The molecule has 0 saturated carbocycles. The summed E-state index contributed by atoms with van der Waals surface area (Å²) < 4.78 is 1.88. The van der Waals surface area contributed by atoms with Crippen molar-refractivity contribution in [3.63, 3.8) is 0 Å². The lowest BCUT2D eigenvalue weighted by Gasteiger charge is -2.09. The van der Waals surface area contributed by atoms with E-state index in [1.165, 1.54) is 17.5 Å². The second-order valence-electron chi connectivity index (χ2n) is 5.99. The van der Waals surface area contributed by atoms with Crippen molar-refractivity contribution in [3.05, 3.63) is 47.3 Å². The molecule has 5 nitrogen and oxygen atoms in total. The van der Waals surface area contributed by atoms with Gasteiger partial charge in [0.15, 0.2) is 11.5 Å². The van der Waals surface area contributed by atoms with Gasteiger partial charge in [0, 0.05) is 5.56 Å². The minimum atomic E-state index is 0.262. The number of aryl methyl sites for hydroxylation is 2. The van der Waals surface area contributed by atoms with Gasteiger partial charge in [0.2, 0.25) is 0 Å². The second-order valence-corrected chi connectivity index (χ2v) is 5.99. The van der Waals surface area contributed by atoms with Gasteiger partial charge >= 0.3 is 0 Å². The van der Waals surface area contributed by atoms with E-state index in [0.717, 1.165) is 35.7 Å². The average molecular weight is 293 g/mol. The summed E-state index contributed by atoms with van der Waals surface area (Å²) in [5.74, 6) is 0.915. The van der Waals surface area contributed by atoms with E-state index in [4.69, 9.17) is 5.10 Å². The maximum atomic E-state index is 4.77. The minimum Gasteiger partial charge on any atom is -0.307 e. The van der Waals surface area contributed by atoms with Crippen molar-refractivity contribution in [2.24, 2.45) is 0 Å². The number of hydrogen-bond donors (Lipinski definition) is 1. The van der Waals surface area contributed by atoms with Crippen LogP contribution in [-0.4, -0.2) is 26.4 Å². The highest BCUT2D eigenvalue weighted by Gasteiger charge is 2.22. The fourth-order valence-corrected chi connectivity index (χ4v) is 2.98. The normalized spacial score (nSPS) is 18.2. The lowest BCUT2D eigenvalue weighted by molar-refractivity contribution is 0.585. The molecular formula is C17H19N5. The van der Waals surface area contributed by atoms with Gasteiger partial charge in [0.25, 0.3) is 0 Å². The average Bonchev–Trinajstić information content (AvgIpc) is 3.17. The predicted octanol–water partition coefficient (Wildman–Crippen LogP) is 2.83. The van der Waals surface area contributed by atoms with E-state index in [1.807, 2.05) is 16.6 Å². The molecule has 0 aliphatic carbocycles. The molecule has 0 radical (unpaired) electrons. The minimum absolute atomic E-state index is 0.262. The fraction of sp³-hybridized carbons (Fsp3) is 0.353. The number of fused-ring (bicyclic) bond motifs is 1. The first kappa shape index (κ1) is 13.4. The van der Waals surface area contributed by atoms with E-state index in [-0.39, 0.29) is 6.04 Å². The summed E-state index contributed by atoms with van der Waals surface area (Å²) in [7, 11) is 0. The van der Waals surface area contributed by atoms with Gasteiger partial charge in [0.1, 0.15) is 0 Å². The Morgan fingerprint density at radius 3 is 2.77 bits per heavy atom. The number of benzene rings is 1. The van der Waals surface area contributed by atoms with Crippen molar-refractivity contribution in [1.82, 2.24) is 25.1 Å². The van der Waals surface area contributed by atoms with Crippen LogP contribution in [0.3, 0.4) is 0 Å². The highest BCUT2D eigenvalue weighted by atomic mass is 15.4. The van der Waals surface area contributed by atoms with E-state index >= 15 is 0 Å². The zero-order valence-corrected chi connectivity index (χ0v) is 12.9. The second kappa shape index (κ2) is 5.18. The molecule has 5 heteroatoms. The molecule has 1 aliphatic heterocycles. The highest BCUT2D eigenvalue weighted by molar-refractivity contribution is 5.61. The maximum absolute atomic E-state index is 4.77. The first-order chi connectivity index (χ1) is 10.7. The molecule has 0 bridgehead atoms. The van der Waals surface area contributed by atoms with Crippen LogP contribution >= 0.6 is 0 Å². The largest absolute Gasteiger partial charge is 0.307 e. The smallest absolute Gasteiger partial charge is 0.178 e. The Kier molecular flexibility index (Phi) is 3.15. The zero-order chi connectivity index (χ0) is 15.1. The van der Waals surface area contributed by atoms with Gasteiger partial charge in [-0.2, -0.15) is 9.61 Å². The summed E-state index contributed by atoms with van der Waals surface area (Å²) >= 11 is 0. The van der Waals surface area contributed by atoms with Crippen LogP contribution < -0.4 is 5.32 Å². The van der Waals surface area contributed by atoms with Crippen LogP contribution in [0.5, 0.6) is 0 Å². The SMILES string of the molecule is Cc1ccc(-c2ccc3nnc(C4CCCN4)n3n2)cc1C. The van der Waals surface area contributed by atoms with Gasteiger partial charge in [-0.05, 0) is 62.6 Å². The van der Waals surface area contributed by atoms with E-state index in [0.29, 0.717) is 0 Å². The van der Waals surface area contributed by atoms with Gasteiger partial charge in [-0.1, -0.05) is 12.1 Å². The molecule has 0 spiro atoms. The number of nitrogens with one attached hydrogen (secondary N) is 1. The summed E-state index contributed by atoms with van der Waals surface area (Å²) in [6.45, 7) is 5.29. The van der Waals surface area contributed by atoms with Crippen LogP contribution in [-0.2, 0) is 0 Å². The quantitative estimate of drug-likeness (QED) is 0.789. The molecule has 3 heterocycles. The predicted molar refractivity (Wildman–Crippen MR) is 85.7 cm³/mol. The summed E-state index contributed by atoms with van der Waals surface area (Å²) in [5, 5.41) is 16.8. The summed E-state index contributed by atoms with van der Waals surface area (Å²) in [6.07, 6.45) is 2.27. The standard InChI is InChI=1S/C17H19N5/c1-11-5-6-13(10-12(11)2)14-7-8-16-19-20-17(22(16)21-14)15-4-3-9-18-15/h5-8,10,15,18H,3-4,9H2,1-2H3. The number of hydrogen-bond acceptors (Lipinski definition) is 4. The molecule has 0 amide bonds. The van der Waals surface area contributed by atoms with Crippen molar-refractivity contribution >= 4 is 5.65 Å². The molecule has 1 aliphatic rings. The van der Waals surface area contributed by atoms with E-state index < -0.39 is 0 Å². The summed E-state index contributed by atoms with van der Waals surface area (Å²) in [5.41, 5.74) is 5.46. The van der Waals surface area contributed by atoms with Crippen molar-refractivity contribution in [2.75, 3.05) is 6.54 Å². The Bertz CT molecular complexity index is 830. The molecule has 1 saturated heterocycles. The third-order valence-electron chi connectivity index (χ3n) is 4.46. The Hall–Kier alpha value is -2.27. The maximum Gasteiger partial charge on any atom is 0.178 e. The van der Waals surface area contributed by atoms with Crippen LogP contribution in [0.15, 0.2) is 30.3 Å². The van der Waals surface area contributed by atoms with Crippen LogP contribution in [0.1, 0.15) is 35.8 Å². The Labute approximate surface area is 129 Å². The molecule has 1 N–H and O–H groups in total. The topological polar surface area (TPSA) is 55.1 Å². The monoisotopic (exact) mass is 293 g/mol. The summed E-state index contributed by atoms with van der Waals surface area (Å²) in [6, 6.07) is 10.7. The van der Waals surface area contributed by atoms with E-state index in [9.17, 15) is 0 Å². The fourth-order valence-electron chi connectivity index (χ4n) is 2.98. The first-order valence-corrected chi connectivity index (χ1v) is 7.76. The molecule has 3 aromatic rings. The first-order valence-electron chi connectivity index (χ1n) is 7.76. The van der Waals surface area contributed by atoms with Crippen molar-refractivity contribution in [2.45, 2.75) is 32.7 Å². The molecule has 22 heavy (non-hydrogen) atoms. The van der Waals surface area contributed by atoms with Crippen LogP contribution in [0.2, 0.25) is 0 Å². The Morgan fingerprint density at radius 2 is 2.00 bits per heavy atom. The molecule has 4 rings (SSSR count). The summed E-state index contributed by atoms with van der Waals surface area (Å²) in [4.78, 5) is 0. The third-order valence-corrected chi connectivity index (χ3v) is 4.46. The number of nitrogens with zero attached hydrogens (tertiary/aromatic N) is 4. The zero-order valence-electron chi connectivity index (χ0n) is 12.9. The lowest BCUT2D eigenvalue weighted by atomic mass is 10.0. The van der Waals surface area contributed by atoms with E-state index in [2.05, 4.69) is 47.6 Å².